The summed E-state index contributed by atoms with van der Waals surface area (Å²) in [6, 6.07) is 0.682. The molecule has 0 aromatic carbocycles. The molecule has 3 unspecified atom stereocenters. The maximum Gasteiger partial charge on any atom is 0.0129 e. The molecule has 1 fully saturated rings. The Morgan fingerprint density at radius 3 is 2.73 bits per heavy atom. The molecule has 0 spiro atoms. The van der Waals surface area contributed by atoms with Gasteiger partial charge in [0.1, 0.15) is 0 Å². The molecule has 0 bridgehead atoms. The Labute approximate surface area is 99.8 Å². The van der Waals surface area contributed by atoms with Crippen LogP contribution in [0, 0.1) is 11.8 Å². The van der Waals surface area contributed by atoms with Crippen molar-refractivity contribution in [3.8, 4) is 0 Å². The van der Waals surface area contributed by atoms with Crippen molar-refractivity contribution in [3.63, 3.8) is 0 Å². The number of hydrogen-bond donors (Lipinski definition) is 1. The Morgan fingerprint density at radius 1 is 1.33 bits per heavy atom. The van der Waals surface area contributed by atoms with Crippen LogP contribution in [0.3, 0.4) is 0 Å². The molecule has 1 N–H and O–H groups in total. The molecule has 1 aliphatic carbocycles. The molecule has 0 saturated heterocycles. The largest absolute Gasteiger partial charge is 0.313 e. The lowest BCUT2D eigenvalue weighted by Gasteiger charge is -2.29. The molecule has 1 saturated carbocycles. The molecule has 0 aliphatic heterocycles. The van der Waals surface area contributed by atoms with Gasteiger partial charge in [-0.3, -0.25) is 0 Å². The summed E-state index contributed by atoms with van der Waals surface area (Å²) in [5.74, 6) is 3.21. The zero-order valence-corrected chi connectivity index (χ0v) is 11.4. The van der Waals surface area contributed by atoms with Gasteiger partial charge < -0.3 is 5.32 Å². The van der Waals surface area contributed by atoms with Crippen LogP contribution < -0.4 is 5.32 Å². The highest BCUT2D eigenvalue weighted by Gasteiger charge is 2.20. The third-order valence-corrected chi connectivity index (χ3v) is 4.47. The van der Waals surface area contributed by atoms with Crippen LogP contribution in [0.15, 0.2) is 0 Å². The van der Waals surface area contributed by atoms with E-state index in [1.165, 1.54) is 44.4 Å². The quantitative estimate of drug-likeness (QED) is 0.747. The van der Waals surface area contributed by atoms with Crippen LogP contribution in [0.5, 0.6) is 0 Å². The van der Waals surface area contributed by atoms with E-state index >= 15 is 0 Å². The van der Waals surface area contributed by atoms with Crippen LogP contribution in [-0.4, -0.2) is 24.6 Å². The van der Waals surface area contributed by atoms with Crippen LogP contribution in [-0.2, 0) is 0 Å². The van der Waals surface area contributed by atoms with Gasteiger partial charge in [-0.1, -0.05) is 26.2 Å². The summed E-state index contributed by atoms with van der Waals surface area (Å²) in [7, 11) is 0. The molecule has 0 aromatic heterocycles. The van der Waals surface area contributed by atoms with Crippen molar-refractivity contribution in [2.45, 2.75) is 52.0 Å². The summed E-state index contributed by atoms with van der Waals surface area (Å²) in [6.45, 7) is 5.89. The van der Waals surface area contributed by atoms with E-state index in [-0.39, 0.29) is 0 Å². The summed E-state index contributed by atoms with van der Waals surface area (Å²) in [6.07, 6.45) is 9.43. The smallest absolute Gasteiger partial charge is 0.0129 e. The molecule has 15 heavy (non-hydrogen) atoms. The van der Waals surface area contributed by atoms with E-state index in [2.05, 4.69) is 25.4 Å². The van der Waals surface area contributed by atoms with E-state index in [0.29, 0.717) is 6.04 Å². The zero-order valence-electron chi connectivity index (χ0n) is 10.6. The predicted octanol–water partition coefficient (Wildman–Crippen LogP) is 3.54. The van der Waals surface area contributed by atoms with E-state index in [1.54, 1.807) is 0 Å². The molecular weight excluding hydrogens is 202 g/mol. The van der Waals surface area contributed by atoms with Gasteiger partial charge in [0.2, 0.25) is 0 Å². The second-order valence-electron chi connectivity index (χ2n) is 5.07. The summed E-state index contributed by atoms with van der Waals surface area (Å²) in [5.41, 5.74) is 0. The van der Waals surface area contributed by atoms with Gasteiger partial charge in [0.15, 0.2) is 0 Å². The maximum atomic E-state index is 3.68. The summed E-state index contributed by atoms with van der Waals surface area (Å²) in [5, 5.41) is 3.68. The molecule has 1 nitrogen and oxygen atoms in total. The first-order chi connectivity index (χ1) is 7.26. The Hall–Kier alpha value is 0.310. The van der Waals surface area contributed by atoms with E-state index in [1.807, 2.05) is 11.8 Å². The predicted molar refractivity (Wildman–Crippen MR) is 71.6 cm³/mol. The molecule has 0 radical (unpaired) electrons. The first-order valence-corrected chi connectivity index (χ1v) is 7.88. The van der Waals surface area contributed by atoms with Crippen molar-refractivity contribution < 1.29 is 0 Å². The molecule has 2 heteroatoms. The standard InChI is InChI=1S/C13H27NS/c1-4-12-6-5-7-13(8-12)9-14-11(2)10-15-3/h11-14H,4-10H2,1-3H3. The highest BCUT2D eigenvalue weighted by atomic mass is 32.2. The summed E-state index contributed by atoms with van der Waals surface area (Å²) < 4.78 is 0. The normalized spacial score (nSPS) is 29.0. The maximum absolute atomic E-state index is 3.68. The van der Waals surface area contributed by atoms with Gasteiger partial charge >= 0.3 is 0 Å². The van der Waals surface area contributed by atoms with Crippen molar-refractivity contribution in [2.75, 3.05) is 18.6 Å². The fraction of sp³-hybridized carbons (Fsp3) is 1.00. The molecule has 0 aromatic rings. The van der Waals surface area contributed by atoms with Gasteiger partial charge in [0, 0.05) is 11.8 Å². The fourth-order valence-corrected chi connectivity index (χ4v) is 3.25. The summed E-state index contributed by atoms with van der Waals surface area (Å²) >= 11 is 1.94. The second kappa shape index (κ2) is 7.56. The lowest BCUT2D eigenvalue weighted by Crippen LogP contribution is -2.34. The number of rotatable bonds is 6. The minimum Gasteiger partial charge on any atom is -0.313 e. The van der Waals surface area contributed by atoms with Crippen molar-refractivity contribution in [3.05, 3.63) is 0 Å². The van der Waals surface area contributed by atoms with Gasteiger partial charge in [-0.25, -0.2) is 0 Å². The third-order valence-electron chi connectivity index (χ3n) is 3.64. The molecule has 3 atom stereocenters. The van der Waals surface area contributed by atoms with E-state index in [9.17, 15) is 0 Å². The van der Waals surface area contributed by atoms with Crippen LogP contribution in [0.2, 0.25) is 0 Å². The minimum atomic E-state index is 0.682. The van der Waals surface area contributed by atoms with Crippen LogP contribution in [0.4, 0.5) is 0 Å². The number of nitrogens with one attached hydrogen (secondary N) is 1. The van der Waals surface area contributed by atoms with Crippen LogP contribution >= 0.6 is 11.8 Å². The Morgan fingerprint density at radius 2 is 2.07 bits per heavy atom. The van der Waals surface area contributed by atoms with Crippen LogP contribution in [0.1, 0.15) is 46.0 Å². The average Bonchev–Trinajstić information content (AvgIpc) is 2.27. The zero-order chi connectivity index (χ0) is 11.1. The highest BCUT2D eigenvalue weighted by Crippen LogP contribution is 2.30. The Kier molecular flexibility index (Phi) is 6.74. The molecule has 0 amide bonds. The van der Waals surface area contributed by atoms with Crippen LogP contribution in [0.25, 0.3) is 0 Å². The molecule has 1 aliphatic rings. The lowest BCUT2D eigenvalue weighted by molar-refractivity contribution is 0.251. The first kappa shape index (κ1) is 13.4. The minimum absolute atomic E-state index is 0.682. The van der Waals surface area contributed by atoms with E-state index < -0.39 is 0 Å². The van der Waals surface area contributed by atoms with Gasteiger partial charge in [0.05, 0.1) is 0 Å². The van der Waals surface area contributed by atoms with Gasteiger partial charge in [0.25, 0.3) is 0 Å². The molecule has 1 rings (SSSR count). The first-order valence-electron chi connectivity index (χ1n) is 6.48. The molecular formula is C13H27NS. The van der Waals surface area contributed by atoms with Crippen molar-refractivity contribution in [1.29, 1.82) is 0 Å². The third kappa shape index (κ3) is 5.26. The van der Waals surface area contributed by atoms with E-state index in [0.717, 1.165) is 11.8 Å². The summed E-state index contributed by atoms with van der Waals surface area (Å²) in [4.78, 5) is 0. The fourth-order valence-electron chi connectivity index (χ4n) is 2.64. The molecule has 90 valence electrons. The van der Waals surface area contributed by atoms with Gasteiger partial charge in [-0.15, -0.1) is 0 Å². The lowest BCUT2D eigenvalue weighted by atomic mass is 9.80. The van der Waals surface area contributed by atoms with Gasteiger partial charge in [-0.05, 0) is 44.4 Å². The Bertz CT molecular complexity index is 161. The van der Waals surface area contributed by atoms with Crippen molar-refractivity contribution in [2.24, 2.45) is 11.8 Å². The SMILES string of the molecule is CCC1CCCC(CNC(C)CSC)C1. The average molecular weight is 229 g/mol. The van der Waals surface area contributed by atoms with Crippen molar-refractivity contribution in [1.82, 2.24) is 5.32 Å². The number of hydrogen-bond acceptors (Lipinski definition) is 2. The monoisotopic (exact) mass is 229 g/mol. The molecule has 0 heterocycles. The van der Waals surface area contributed by atoms with Crippen molar-refractivity contribution >= 4 is 11.8 Å². The Balaban J connectivity index is 2.14. The topological polar surface area (TPSA) is 12.0 Å². The number of thioether (sulfide) groups is 1. The van der Waals surface area contributed by atoms with E-state index in [4.69, 9.17) is 0 Å². The highest BCUT2D eigenvalue weighted by molar-refractivity contribution is 7.98. The second-order valence-corrected chi connectivity index (χ2v) is 5.98. The van der Waals surface area contributed by atoms with Gasteiger partial charge in [-0.2, -0.15) is 11.8 Å².